The predicted octanol–water partition coefficient (Wildman–Crippen LogP) is 0.997. The molecule has 26 heavy (non-hydrogen) atoms. The maximum absolute atomic E-state index is 12.5. The first-order valence-corrected chi connectivity index (χ1v) is 8.75. The van der Waals surface area contributed by atoms with Gasteiger partial charge in [0.25, 0.3) is 5.56 Å². The first kappa shape index (κ1) is 18.1. The second kappa shape index (κ2) is 7.29. The molecule has 0 bridgehead atoms. The molecule has 0 fully saturated rings. The summed E-state index contributed by atoms with van der Waals surface area (Å²) in [5, 5.41) is 0. The minimum absolute atomic E-state index is 0.305. The number of rotatable bonds is 6. The third kappa shape index (κ3) is 3.35. The lowest BCUT2D eigenvalue weighted by Gasteiger charge is -2.25. The molecule has 1 atom stereocenters. The fourth-order valence-corrected chi connectivity index (χ4v) is 3.16. The van der Waals surface area contributed by atoms with E-state index >= 15 is 0 Å². The smallest absolute Gasteiger partial charge is 0.323 e. The molecule has 0 radical (unpaired) electrons. The zero-order valence-corrected chi connectivity index (χ0v) is 15.7. The van der Waals surface area contributed by atoms with Crippen LogP contribution in [0.3, 0.4) is 0 Å². The van der Waals surface area contributed by atoms with Crippen LogP contribution in [0.4, 0.5) is 0 Å². The molecular formula is C19H25N5O2. The minimum Gasteiger partial charge on any atom is -0.323 e. The van der Waals surface area contributed by atoms with Crippen LogP contribution < -0.4 is 11.2 Å². The Morgan fingerprint density at radius 1 is 1.12 bits per heavy atom. The second-order valence-electron chi connectivity index (χ2n) is 6.84. The van der Waals surface area contributed by atoms with Crippen LogP contribution in [0.1, 0.15) is 12.5 Å². The Labute approximate surface area is 152 Å². The molecule has 2 aromatic heterocycles. The molecule has 138 valence electrons. The summed E-state index contributed by atoms with van der Waals surface area (Å²) in [5.74, 6) is 0. The monoisotopic (exact) mass is 355 g/mol. The Morgan fingerprint density at radius 2 is 1.81 bits per heavy atom. The molecule has 0 aliphatic rings. The Morgan fingerprint density at radius 3 is 2.50 bits per heavy atom. The van der Waals surface area contributed by atoms with Crippen molar-refractivity contribution in [3.8, 4) is 0 Å². The lowest BCUT2D eigenvalue weighted by atomic mass is 10.1. The van der Waals surface area contributed by atoms with E-state index in [1.54, 1.807) is 13.4 Å². The van der Waals surface area contributed by atoms with Gasteiger partial charge in [-0.2, -0.15) is 0 Å². The van der Waals surface area contributed by atoms with E-state index < -0.39 is 0 Å². The average molecular weight is 355 g/mol. The van der Waals surface area contributed by atoms with Crippen LogP contribution >= 0.6 is 0 Å². The van der Waals surface area contributed by atoms with E-state index in [9.17, 15) is 9.59 Å². The molecule has 1 aromatic carbocycles. The fourth-order valence-electron chi connectivity index (χ4n) is 3.16. The molecule has 3 aromatic rings. The number of aryl methyl sites for hydroxylation is 1. The highest BCUT2D eigenvalue weighted by Crippen LogP contribution is 2.09. The molecule has 0 amide bonds. The molecule has 0 aliphatic carbocycles. The van der Waals surface area contributed by atoms with Gasteiger partial charge in [0.05, 0.1) is 6.33 Å². The molecule has 1 unspecified atom stereocenters. The molecule has 0 saturated carbocycles. The van der Waals surface area contributed by atoms with Crippen LogP contribution in [0, 0.1) is 0 Å². The van der Waals surface area contributed by atoms with Gasteiger partial charge in [0.1, 0.15) is 0 Å². The quantitative estimate of drug-likeness (QED) is 0.662. The molecular weight excluding hydrogens is 330 g/mol. The van der Waals surface area contributed by atoms with Gasteiger partial charge < -0.3 is 9.47 Å². The van der Waals surface area contributed by atoms with Crippen molar-refractivity contribution in [1.29, 1.82) is 0 Å². The summed E-state index contributed by atoms with van der Waals surface area (Å²) in [4.78, 5) is 31.0. The zero-order chi connectivity index (χ0) is 18.8. The van der Waals surface area contributed by atoms with E-state index in [4.69, 9.17) is 0 Å². The standard InChI is InChI=1S/C19H25N5O2/c1-14(12-15-8-6-5-7-9-15)21(2)10-11-24-13-20-17-16(24)18(25)23(4)19(26)22(17)3/h5-9,13-14H,10-12H2,1-4H3. The number of hydrogen-bond donors (Lipinski definition) is 0. The third-order valence-electron chi connectivity index (χ3n) is 5.04. The topological polar surface area (TPSA) is 65.1 Å². The first-order valence-electron chi connectivity index (χ1n) is 8.75. The summed E-state index contributed by atoms with van der Waals surface area (Å²) < 4.78 is 4.38. The van der Waals surface area contributed by atoms with Crippen LogP contribution in [0.15, 0.2) is 46.2 Å². The van der Waals surface area contributed by atoms with Gasteiger partial charge in [0, 0.05) is 33.2 Å². The Balaban J connectivity index is 1.76. The van der Waals surface area contributed by atoms with Crippen molar-refractivity contribution in [1.82, 2.24) is 23.6 Å². The number of nitrogens with zero attached hydrogens (tertiary/aromatic N) is 5. The molecule has 0 aliphatic heterocycles. The zero-order valence-electron chi connectivity index (χ0n) is 15.7. The highest BCUT2D eigenvalue weighted by Gasteiger charge is 2.15. The van der Waals surface area contributed by atoms with Crippen molar-refractivity contribution >= 4 is 11.2 Å². The van der Waals surface area contributed by atoms with Crippen molar-refractivity contribution in [3.63, 3.8) is 0 Å². The van der Waals surface area contributed by atoms with Crippen LogP contribution in [0.25, 0.3) is 11.2 Å². The van der Waals surface area contributed by atoms with Crippen LogP contribution in [-0.2, 0) is 27.1 Å². The van der Waals surface area contributed by atoms with Crippen molar-refractivity contribution in [2.45, 2.75) is 25.9 Å². The summed E-state index contributed by atoms with van der Waals surface area (Å²) in [5.41, 5.74) is 1.54. The SMILES string of the molecule is CC(Cc1ccccc1)N(C)CCn1cnc2c1c(=O)n(C)c(=O)n2C. The van der Waals surface area contributed by atoms with Crippen LogP contribution in [-0.4, -0.2) is 43.2 Å². The number of hydrogen-bond acceptors (Lipinski definition) is 4. The van der Waals surface area contributed by atoms with Crippen molar-refractivity contribution in [2.75, 3.05) is 13.6 Å². The summed E-state index contributed by atoms with van der Waals surface area (Å²) >= 11 is 0. The van der Waals surface area contributed by atoms with Crippen LogP contribution in [0.5, 0.6) is 0 Å². The van der Waals surface area contributed by atoms with E-state index in [1.165, 1.54) is 17.2 Å². The van der Waals surface area contributed by atoms with Crippen molar-refractivity contribution in [3.05, 3.63) is 63.1 Å². The second-order valence-corrected chi connectivity index (χ2v) is 6.84. The molecule has 7 nitrogen and oxygen atoms in total. The fraction of sp³-hybridized carbons (Fsp3) is 0.421. The first-order chi connectivity index (χ1) is 12.4. The maximum atomic E-state index is 12.5. The van der Waals surface area contributed by atoms with Gasteiger partial charge in [0.15, 0.2) is 11.2 Å². The Hall–Kier alpha value is -2.67. The van der Waals surface area contributed by atoms with Crippen molar-refractivity contribution in [2.24, 2.45) is 14.1 Å². The highest BCUT2D eigenvalue weighted by molar-refractivity contribution is 5.69. The molecule has 0 N–H and O–H groups in total. The largest absolute Gasteiger partial charge is 0.332 e. The van der Waals surface area contributed by atoms with E-state index in [-0.39, 0.29) is 11.2 Å². The maximum Gasteiger partial charge on any atom is 0.332 e. The lowest BCUT2D eigenvalue weighted by Crippen LogP contribution is -2.38. The normalized spacial score (nSPS) is 12.8. The molecule has 7 heteroatoms. The van der Waals surface area contributed by atoms with E-state index in [1.807, 2.05) is 10.6 Å². The lowest BCUT2D eigenvalue weighted by molar-refractivity contribution is 0.247. The highest BCUT2D eigenvalue weighted by atomic mass is 16.2. The molecule has 0 saturated heterocycles. The number of fused-ring (bicyclic) bond motifs is 1. The number of aromatic nitrogens is 4. The summed E-state index contributed by atoms with van der Waals surface area (Å²) in [7, 11) is 5.21. The van der Waals surface area contributed by atoms with E-state index in [0.29, 0.717) is 23.8 Å². The van der Waals surface area contributed by atoms with Gasteiger partial charge in [-0.05, 0) is 26.0 Å². The summed E-state index contributed by atoms with van der Waals surface area (Å²) in [6, 6.07) is 10.8. The molecule has 3 rings (SSSR count). The van der Waals surface area contributed by atoms with Gasteiger partial charge in [-0.25, -0.2) is 9.78 Å². The minimum atomic E-state index is -0.360. The van der Waals surface area contributed by atoms with Crippen LogP contribution in [0.2, 0.25) is 0 Å². The molecule has 2 heterocycles. The molecule has 0 spiro atoms. The Kier molecular flexibility index (Phi) is 5.08. The van der Waals surface area contributed by atoms with E-state index in [2.05, 4.69) is 48.1 Å². The van der Waals surface area contributed by atoms with Gasteiger partial charge in [-0.1, -0.05) is 30.3 Å². The third-order valence-corrected chi connectivity index (χ3v) is 5.04. The Bertz CT molecular complexity index is 1020. The van der Waals surface area contributed by atoms with Gasteiger partial charge in [-0.15, -0.1) is 0 Å². The van der Waals surface area contributed by atoms with E-state index in [0.717, 1.165) is 17.5 Å². The summed E-state index contributed by atoms with van der Waals surface area (Å²) in [6.07, 6.45) is 2.61. The average Bonchev–Trinajstić information content (AvgIpc) is 3.07. The van der Waals surface area contributed by atoms with Gasteiger partial charge in [0.2, 0.25) is 0 Å². The van der Waals surface area contributed by atoms with Crippen molar-refractivity contribution < 1.29 is 0 Å². The van der Waals surface area contributed by atoms with Gasteiger partial charge in [-0.3, -0.25) is 13.9 Å². The number of imidazole rings is 1. The predicted molar refractivity (Wildman–Crippen MR) is 102 cm³/mol. The summed E-state index contributed by atoms with van der Waals surface area (Å²) in [6.45, 7) is 3.62. The number of benzene rings is 1. The van der Waals surface area contributed by atoms with Gasteiger partial charge >= 0.3 is 5.69 Å². The number of likely N-dealkylation sites (N-methyl/N-ethyl adjacent to an activating group) is 1.